The number of urea groups is 1. The minimum absolute atomic E-state index is 0.0228. The summed E-state index contributed by atoms with van der Waals surface area (Å²) in [6, 6.07) is -0.786. The lowest BCUT2D eigenvalue weighted by atomic mass is 10.6. The first-order valence-corrected chi connectivity index (χ1v) is 4.67. The zero-order valence-electron chi connectivity index (χ0n) is 7.67. The Morgan fingerprint density at radius 1 is 1.62 bits per heavy atom. The van der Waals surface area contributed by atoms with Gasteiger partial charge in [0.25, 0.3) is 0 Å². The minimum atomic E-state index is -1.19. The second-order valence-corrected chi connectivity index (χ2v) is 3.47. The smallest absolute Gasteiger partial charge is 0.345 e. The first kappa shape index (κ1) is 11.8. The number of carbonyl (C=O) groups is 2. The van der Waals surface area contributed by atoms with Crippen molar-refractivity contribution in [2.75, 3.05) is 11.9 Å². The van der Waals surface area contributed by atoms with Crippen LogP contribution in [0.5, 0.6) is 0 Å². The van der Waals surface area contributed by atoms with Gasteiger partial charge in [-0.1, -0.05) is 0 Å². The molecule has 0 aliphatic carbocycles. The lowest BCUT2D eigenvalue weighted by molar-refractivity contribution is -0.380. The van der Waals surface area contributed by atoms with Gasteiger partial charge in [0.05, 0.1) is 4.92 Å². The molecule has 86 valence electrons. The van der Waals surface area contributed by atoms with Gasteiger partial charge >= 0.3 is 17.0 Å². The van der Waals surface area contributed by atoms with Gasteiger partial charge in [-0.15, -0.1) is 0 Å². The second-order valence-electron chi connectivity index (χ2n) is 2.46. The molecular formula is C6H6N4O5S. The predicted molar refractivity (Wildman–Crippen MR) is 53.4 cm³/mol. The maximum Gasteiger partial charge on any atom is 0.345 e. The van der Waals surface area contributed by atoms with E-state index in [1.807, 2.05) is 5.32 Å². The number of amides is 2. The maximum atomic E-state index is 11.0. The molecule has 1 aromatic heterocycles. The SMILES string of the molecule is O=C(O)CNC(=O)Nc1ncc([N+](=O)[O-])s1. The zero-order chi connectivity index (χ0) is 12.1. The number of carboxylic acids is 1. The fourth-order valence-electron chi connectivity index (χ4n) is 0.705. The molecule has 0 aliphatic rings. The Labute approximate surface area is 92.3 Å². The summed E-state index contributed by atoms with van der Waals surface area (Å²) in [7, 11) is 0. The van der Waals surface area contributed by atoms with E-state index < -0.39 is 23.5 Å². The number of nitrogens with one attached hydrogen (secondary N) is 2. The number of thiazole rings is 1. The van der Waals surface area contributed by atoms with Crippen molar-refractivity contribution in [3.05, 3.63) is 16.3 Å². The van der Waals surface area contributed by atoms with Crippen molar-refractivity contribution in [2.45, 2.75) is 0 Å². The molecule has 9 nitrogen and oxygen atoms in total. The van der Waals surface area contributed by atoms with E-state index in [0.29, 0.717) is 11.3 Å². The van der Waals surface area contributed by atoms with Crippen molar-refractivity contribution in [3.63, 3.8) is 0 Å². The molecule has 0 saturated heterocycles. The first-order chi connectivity index (χ1) is 7.49. The van der Waals surface area contributed by atoms with E-state index in [1.54, 1.807) is 0 Å². The number of nitro groups is 1. The number of aromatic nitrogens is 1. The lowest BCUT2D eigenvalue weighted by Gasteiger charge is -2.00. The average Bonchev–Trinajstić information content (AvgIpc) is 2.63. The normalized spacial score (nSPS) is 9.50. The molecule has 3 N–H and O–H groups in total. The molecule has 0 aromatic carbocycles. The Balaban J connectivity index is 2.49. The van der Waals surface area contributed by atoms with E-state index in [1.165, 1.54) is 0 Å². The molecule has 0 aliphatic heterocycles. The van der Waals surface area contributed by atoms with Crippen molar-refractivity contribution in [1.82, 2.24) is 10.3 Å². The van der Waals surface area contributed by atoms with E-state index in [9.17, 15) is 19.7 Å². The summed E-state index contributed by atoms with van der Waals surface area (Å²) in [6.07, 6.45) is 0.997. The van der Waals surface area contributed by atoms with Crippen molar-refractivity contribution in [2.24, 2.45) is 0 Å². The summed E-state index contributed by atoms with van der Waals surface area (Å²) in [5, 5.41) is 22.5. The highest BCUT2D eigenvalue weighted by Gasteiger charge is 2.13. The van der Waals surface area contributed by atoms with Gasteiger partial charge in [0.1, 0.15) is 12.7 Å². The summed E-state index contributed by atoms with van der Waals surface area (Å²) in [5.41, 5.74) is 0. The van der Waals surface area contributed by atoms with E-state index in [2.05, 4.69) is 10.3 Å². The van der Waals surface area contributed by atoms with Crippen LogP contribution in [0.25, 0.3) is 0 Å². The summed E-state index contributed by atoms with van der Waals surface area (Å²) in [6.45, 7) is -0.542. The van der Waals surface area contributed by atoms with Crippen LogP contribution >= 0.6 is 11.3 Å². The van der Waals surface area contributed by atoms with Crippen LogP contribution < -0.4 is 10.6 Å². The highest BCUT2D eigenvalue weighted by atomic mass is 32.1. The number of rotatable bonds is 4. The van der Waals surface area contributed by atoms with Crippen LogP contribution in [0.2, 0.25) is 0 Å². The standard InChI is InChI=1S/C6H6N4O5S/c11-4(12)2-7-5(13)9-6-8-1-3(16-6)10(14)15/h1H,2H2,(H,11,12)(H2,7,8,9,13). The van der Waals surface area contributed by atoms with Crippen molar-refractivity contribution >= 4 is 33.5 Å². The van der Waals surface area contributed by atoms with Crippen LogP contribution in [-0.4, -0.2) is 33.6 Å². The van der Waals surface area contributed by atoms with Crippen LogP contribution in [0, 0.1) is 10.1 Å². The van der Waals surface area contributed by atoms with Crippen molar-refractivity contribution < 1.29 is 19.6 Å². The van der Waals surface area contributed by atoms with E-state index in [-0.39, 0.29) is 10.1 Å². The number of carboxylic acid groups (broad SMARTS) is 1. The predicted octanol–water partition coefficient (Wildman–Crippen LogP) is 0.257. The summed E-state index contributed by atoms with van der Waals surface area (Å²) in [4.78, 5) is 34.3. The molecule has 1 heterocycles. The number of anilines is 1. The number of nitrogens with zero attached hydrogens (tertiary/aromatic N) is 2. The third-order valence-electron chi connectivity index (χ3n) is 1.29. The molecule has 0 unspecified atom stereocenters. The van der Waals surface area contributed by atoms with Crippen molar-refractivity contribution in [3.8, 4) is 0 Å². The zero-order valence-corrected chi connectivity index (χ0v) is 8.48. The van der Waals surface area contributed by atoms with Gasteiger partial charge in [0, 0.05) is 0 Å². The number of hydrogen-bond donors (Lipinski definition) is 3. The lowest BCUT2D eigenvalue weighted by Crippen LogP contribution is -2.33. The van der Waals surface area contributed by atoms with E-state index >= 15 is 0 Å². The molecule has 0 radical (unpaired) electrons. The summed E-state index contributed by atoms with van der Waals surface area (Å²) >= 11 is 0.674. The van der Waals surface area contributed by atoms with Crippen LogP contribution in [0.15, 0.2) is 6.20 Å². The summed E-state index contributed by atoms with van der Waals surface area (Å²) < 4.78 is 0. The third-order valence-corrected chi connectivity index (χ3v) is 2.16. The van der Waals surface area contributed by atoms with Crippen LogP contribution in [0.1, 0.15) is 0 Å². The molecule has 2 amide bonds. The molecule has 16 heavy (non-hydrogen) atoms. The van der Waals surface area contributed by atoms with Gasteiger partial charge in [-0.25, -0.2) is 9.78 Å². The quantitative estimate of drug-likeness (QED) is 0.515. The van der Waals surface area contributed by atoms with Crippen molar-refractivity contribution in [1.29, 1.82) is 0 Å². The molecule has 0 saturated carbocycles. The minimum Gasteiger partial charge on any atom is -0.480 e. The highest BCUT2D eigenvalue weighted by molar-refractivity contribution is 7.18. The van der Waals surface area contributed by atoms with Crippen LogP contribution in [0.3, 0.4) is 0 Å². The van der Waals surface area contributed by atoms with Gasteiger partial charge in [0.15, 0.2) is 5.13 Å². The number of hydrogen-bond acceptors (Lipinski definition) is 6. The van der Waals surface area contributed by atoms with Gasteiger partial charge in [-0.2, -0.15) is 0 Å². The third kappa shape index (κ3) is 3.49. The molecule has 10 heteroatoms. The Bertz CT molecular complexity index is 430. The number of carbonyl (C=O) groups excluding carboxylic acids is 1. The average molecular weight is 246 g/mol. The Hall–Kier alpha value is -2.23. The molecule has 1 rings (SSSR count). The monoisotopic (exact) mass is 246 g/mol. The first-order valence-electron chi connectivity index (χ1n) is 3.86. The van der Waals surface area contributed by atoms with E-state index in [4.69, 9.17) is 5.11 Å². The Kier molecular flexibility index (Phi) is 3.72. The second kappa shape index (κ2) is 5.02. The Morgan fingerprint density at radius 2 is 2.31 bits per heavy atom. The fourth-order valence-corrected chi connectivity index (χ4v) is 1.33. The molecule has 0 bridgehead atoms. The topological polar surface area (TPSA) is 134 Å². The molecule has 0 fully saturated rings. The van der Waals surface area contributed by atoms with Gasteiger partial charge in [-0.05, 0) is 11.3 Å². The van der Waals surface area contributed by atoms with Crippen LogP contribution in [0.4, 0.5) is 14.9 Å². The maximum absolute atomic E-state index is 11.0. The van der Waals surface area contributed by atoms with Gasteiger partial charge < -0.3 is 10.4 Å². The molecule has 1 aromatic rings. The van der Waals surface area contributed by atoms with E-state index in [0.717, 1.165) is 6.20 Å². The molecule has 0 spiro atoms. The number of aliphatic carboxylic acids is 1. The molecule has 0 atom stereocenters. The highest BCUT2D eigenvalue weighted by Crippen LogP contribution is 2.24. The van der Waals surface area contributed by atoms with Gasteiger partial charge in [0.2, 0.25) is 0 Å². The largest absolute Gasteiger partial charge is 0.480 e. The van der Waals surface area contributed by atoms with Crippen LogP contribution in [-0.2, 0) is 4.79 Å². The summed E-state index contributed by atoms with van der Waals surface area (Å²) in [5.74, 6) is -1.19. The fraction of sp³-hybridized carbons (Fsp3) is 0.167. The van der Waals surface area contributed by atoms with Gasteiger partial charge in [-0.3, -0.25) is 20.2 Å². The Morgan fingerprint density at radius 3 is 2.81 bits per heavy atom. The molecular weight excluding hydrogens is 240 g/mol.